The molecule has 1 aliphatic heterocycles. The number of nitrogens with one attached hydrogen (secondary N) is 1. The van der Waals surface area contributed by atoms with Crippen LogP contribution in [0.2, 0.25) is 0 Å². The topological polar surface area (TPSA) is 32.3 Å². The van der Waals surface area contributed by atoms with Crippen LogP contribution in [0.5, 0.6) is 0 Å². The van der Waals surface area contributed by atoms with Gasteiger partial charge in [-0.25, -0.2) is 4.79 Å². The maximum atomic E-state index is 12.0. The van der Waals surface area contributed by atoms with Crippen LogP contribution in [-0.2, 0) is 0 Å². The second-order valence-corrected chi connectivity index (χ2v) is 5.32. The highest BCUT2D eigenvalue weighted by molar-refractivity contribution is 7.98. The Morgan fingerprint density at radius 3 is 2.44 bits per heavy atom. The summed E-state index contributed by atoms with van der Waals surface area (Å²) in [6.45, 7) is 3.99. The molecule has 1 unspecified atom stereocenters. The maximum absolute atomic E-state index is 12.0. The van der Waals surface area contributed by atoms with E-state index in [2.05, 4.69) is 18.5 Å². The lowest BCUT2D eigenvalue weighted by molar-refractivity contribution is 0.196. The molecule has 16 heavy (non-hydrogen) atoms. The van der Waals surface area contributed by atoms with Crippen LogP contribution in [0, 0.1) is 0 Å². The number of amides is 2. The standard InChI is InChI=1S/C12H24N2OS/c1-3-11(10-16-2)13-12(15)14-8-6-4-5-7-9-14/h11H,3-10H2,1-2H3,(H,13,15). The second-order valence-electron chi connectivity index (χ2n) is 4.41. The fourth-order valence-corrected chi connectivity index (χ4v) is 2.72. The highest BCUT2D eigenvalue weighted by Crippen LogP contribution is 2.10. The van der Waals surface area contributed by atoms with Crippen LogP contribution >= 0.6 is 11.8 Å². The number of hydrogen-bond acceptors (Lipinski definition) is 2. The summed E-state index contributed by atoms with van der Waals surface area (Å²) in [5, 5.41) is 3.13. The molecular weight excluding hydrogens is 220 g/mol. The number of urea groups is 1. The third-order valence-corrected chi connectivity index (χ3v) is 3.82. The molecule has 2 amide bonds. The van der Waals surface area contributed by atoms with E-state index in [4.69, 9.17) is 0 Å². The van der Waals surface area contributed by atoms with Gasteiger partial charge in [-0.15, -0.1) is 0 Å². The highest BCUT2D eigenvalue weighted by Gasteiger charge is 2.17. The quantitative estimate of drug-likeness (QED) is 0.824. The zero-order chi connectivity index (χ0) is 11.8. The van der Waals surface area contributed by atoms with Crippen molar-refractivity contribution < 1.29 is 4.79 Å². The van der Waals surface area contributed by atoms with Crippen molar-refractivity contribution in [1.29, 1.82) is 0 Å². The first-order valence-corrected chi connectivity index (χ1v) is 7.71. The van der Waals surface area contributed by atoms with Crippen LogP contribution in [-0.4, -0.2) is 42.1 Å². The Hall–Kier alpha value is -0.380. The van der Waals surface area contributed by atoms with E-state index >= 15 is 0 Å². The van der Waals surface area contributed by atoms with E-state index in [1.165, 1.54) is 12.8 Å². The molecule has 0 saturated carbocycles. The van der Waals surface area contributed by atoms with Gasteiger partial charge in [-0.1, -0.05) is 19.8 Å². The highest BCUT2D eigenvalue weighted by atomic mass is 32.2. The first kappa shape index (κ1) is 13.7. The summed E-state index contributed by atoms with van der Waals surface area (Å²) in [7, 11) is 0. The summed E-state index contributed by atoms with van der Waals surface area (Å²) in [6, 6.07) is 0.466. The molecule has 1 rings (SSSR count). The van der Waals surface area contributed by atoms with Crippen molar-refractivity contribution in [3.8, 4) is 0 Å². The minimum absolute atomic E-state index is 0.141. The summed E-state index contributed by atoms with van der Waals surface area (Å²) in [5.74, 6) is 1.01. The fourth-order valence-electron chi connectivity index (χ4n) is 2.00. The number of carbonyl (C=O) groups is 1. The van der Waals surface area contributed by atoms with E-state index in [0.717, 1.165) is 38.1 Å². The molecule has 1 heterocycles. The van der Waals surface area contributed by atoms with Crippen molar-refractivity contribution in [1.82, 2.24) is 10.2 Å². The zero-order valence-electron chi connectivity index (χ0n) is 10.5. The molecule has 0 aliphatic carbocycles. The Morgan fingerprint density at radius 1 is 1.31 bits per heavy atom. The van der Waals surface area contributed by atoms with Gasteiger partial charge in [-0.2, -0.15) is 11.8 Å². The maximum Gasteiger partial charge on any atom is 0.317 e. The van der Waals surface area contributed by atoms with Crippen LogP contribution in [0.15, 0.2) is 0 Å². The average Bonchev–Trinajstić information content (AvgIpc) is 2.56. The van der Waals surface area contributed by atoms with Gasteiger partial charge >= 0.3 is 6.03 Å². The van der Waals surface area contributed by atoms with Crippen LogP contribution < -0.4 is 5.32 Å². The van der Waals surface area contributed by atoms with Crippen molar-refractivity contribution in [2.45, 2.75) is 45.1 Å². The third-order valence-electron chi connectivity index (χ3n) is 3.08. The van der Waals surface area contributed by atoms with Crippen LogP contribution in [0.25, 0.3) is 0 Å². The lowest BCUT2D eigenvalue weighted by atomic mass is 10.2. The van der Waals surface area contributed by atoms with Crippen molar-refractivity contribution in [2.75, 3.05) is 25.1 Å². The summed E-state index contributed by atoms with van der Waals surface area (Å²) in [6.07, 6.45) is 7.96. The SMILES string of the molecule is CCC(CSC)NC(=O)N1CCCCCC1. The molecule has 0 spiro atoms. The van der Waals surface area contributed by atoms with Gasteiger partial charge in [0.1, 0.15) is 0 Å². The number of likely N-dealkylation sites (tertiary alicyclic amines) is 1. The normalized spacial score (nSPS) is 19.0. The Balaban J connectivity index is 2.36. The molecular formula is C12H24N2OS. The van der Waals surface area contributed by atoms with Gasteiger partial charge in [-0.05, 0) is 25.5 Å². The van der Waals surface area contributed by atoms with Crippen LogP contribution in [0.1, 0.15) is 39.0 Å². The van der Waals surface area contributed by atoms with Gasteiger partial charge in [0.25, 0.3) is 0 Å². The summed E-state index contributed by atoms with van der Waals surface area (Å²) >= 11 is 1.79. The van der Waals surface area contributed by atoms with Gasteiger partial charge in [-0.3, -0.25) is 0 Å². The fraction of sp³-hybridized carbons (Fsp3) is 0.917. The third kappa shape index (κ3) is 4.64. The van der Waals surface area contributed by atoms with E-state index in [0.29, 0.717) is 6.04 Å². The Labute approximate surface area is 103 Å². The number of nitrogens with zero attached hydrogens (tertiary/aromatic N) is 1. The minimum atomic E-state index is 0.141. The number of thioether (sulfide) groups is 1. The van der Waals surface area contributed by atoms with E-state index in [9.17, 15) is 4.79 Å². The van der Waals surface area contributed by atoms with Crippen LogP contribution in [0.4, 0.5) is 4.79 Å². The van der Waals surface area contributed by atoms with Crippen molar-refractivity contribution in [3.63, 3.8) is 0 Å². The number of carbonyl (C=O) groups excluding carboxylic acids is 1. The Bertz CT molecular complexity index is 203. The van der Waals surface area contributed by atoms with Crippen molar-refractivity contribution in [2.24, 2.45) is 0 Å². The van der Waals surface area contributed by atoms with E-state index in [-0.39, 0.29) is 6.03 Å². The molecule has 0 aromatic heterocycles. The lowest BCUT2D eigenvalue weighted by Gasteiger charge is -2.24. The molecule has 1 atom stereocenters. The number of rotatable bonds is 4. The van der Waals surface area contributed by atoms with Gasteiger partial charge in [0.2, 0.25) is 0 Å². The molecule has 0 aromatic carbocycles. The van der Waals surface area contributed by atoms with E-state index in [1.54, 1.807) is 11.8 Å². The monoisotopic (exact) mass is 244 g/mol. The second kappa shape index (κ2) is 7.82. The molecule has 1 aliphatic rings. The molecule has 3 nitrogen and oxygen atoms in total. The molecule has 94 valence electrons. The summed E-state index contributed by atoms with van der Waals surface area (Å²) in [4.78, 5) is 14.0. The van der Waals surface area contributed by atoms with Gasteiger partial charge in [0, 0.05) is 24.9 Å². The molecule has 1 fully saturated rings. The van der Waals surface area contributed by atoms with Gasteiger partial charge in [0.05, 0.1) is 0 Å². The molecule has 1 saturated heterocycles. The molecule has 0 radical (unpaired) electrons. The smallest absolute Gasteiger partial charge is 0.317 e. The first-order chi connectivity index (χ1) is 7.77. The summed E-state index contributed by atoms with van der Waals surface area (Å²) < 4.78 is 0. The van der Waals surface area contributed by atoms with Crippen molar-refractivity contribution in [3.05, 3.63) is 0 Å². The average molecular weight is 244 g/mol. The number of hydrogen-bond donors (Lipinski definition) is 1. The largest absolute Gasteiger partial charge is 0.334 e. The lowest BCUT2D eigenvalue weighted by Crippen LogP contribution is -2.45. The molecule has 0 aromatic rings. The predicted octanol–water partition coefficient (Wildman–Crippen LogP) is 2.71. The Kier molecular flexibility index (Phi) is 6.69. The van der Waals surface area contributed by atoms with Gasteiger partial charge < -0.3 is 10.2 Å². The molecule has 1 N–H and O–H groups in total. The minimum Gasteiger partial charge on any atom is -0.334 e. The Morgan fingerprint density at radius 2 is 1.94 bits per heavy atom. The van der Waals surface area contributed by atoms with E-state index < -0.39 is 0 Å². The predicted molar refractivity (Wildman–Crippen MR) is 71.0 cm³/mol. The zero-order valence-corrected chi connectivity index (χ0v) is 11.3. The van der Waals surface area contributed by atoms with Crippen LogP contribution in [0.3, 0.4) is 0 Å². The van der Waals surface area contributed by atoms with E-state index in [1.807, 2.05) is 4.90 Å². The summed E-state index contributed by atoms with van der Waals surface area (Å²) in [5.41, 5.74) is 0. The molecule has 4 heteroatoms. The van der Waals surface area contributed by atoms with Gasteiger partial charge in [0.15, 0.2) is 0 Å². The van der Waals surface area contributed by atoms with Crippen molar-refractivity contribution >= 4 is 17.8 Å². The molecule has 0 bridgehead atoms. The first-order valence-electron chi connectivity index (χ1n) is 6.32.